The van der Waals surface area contributed by atoms with E-state index in [2.05, 4.69) is 24.4 Å². The second kappa shape index (κ2) is 13.1. The molecule has 0 saturated carbocycles. The van der Waals surface area contributed by atoms with E-state index >= 15 is 0 Å². The van der Waals surface area contributed by atoms with E-state index in [1.54, 1.807) is 24.3 Å². The van der Waals surface area contributed by atoms with Gasteiger partial charge in [-0.1, -0.05) is 67.6 Å². The van der Waals surface area contributed by atoms with Gasteiger partial charge in [-0.3, -0.25) is 19.7 Å². The number of nitrogens with one attached hydrogen (secondary N) is 1. The lowest BCUT2D eigenvalue weighted by Gasteiger charge is -2.29. The van der Waals surface area contributed by atoms with E-state index in [0.29, 0.717) is 30.1 Å². The first-order chi connectivity index (χ1) is 21.9. The molecule has 0 aromatic heterocycles. The highest BCUT2D eigenvalue weighted by atomic mass is 16.5. The number of hydrogen-bond acceptors (Lipinski definition) is 6. The number of benzene rings is 4. The summed E-state index contributed by atoms with van der Waals surface area (Å²) in [6.45, 7) is 2.94. The van der Waals surface area contributed by atoms with E-state index in [-0.39, 0.29) is 37.1 Å². The lowest BCUT2D eigenvalue weighted by Crippen LogP contribution is -2.52. The smallest absolute Gasteiger partial charge is 0.255 e. The Morgan fingerprint density at radius 1 is 0.822 bits per heavy atom. The van der Waals surface area contributed by atoms with Gasteiger partial charge in [0.25, 0.3) is 5.91 Å². The average Bonchev–Trinajstić information content (AvgIpc) is 3.39. The van der Waals surface area contributed by atoms with Crippen LogP contribution in [0.25, 0.3) is 11.1 Å². The minimum atomic E-state index is -0.674. The van der Waals surface area contributed by atoms with Crippen LogP contribution in [-0.4, -0.2) is 47.0 Å². The molecule has 6 rings (SSSR count). The molecule has 0 spiro atoms. The summed E-state index contributed by atoms with van der Waals surface area (Å²) in [5.41, 5.74) is 6.74. The van der Waals surface area contributed by atoms with Crippen LogP contribution in [0.2, 0.25) is 0 Å². The van der Waals surface area contributed by atoms with E-state index in [4.69, 9.17) is 9.47 Å². The van der Waals surface area contributed by atoms with Crippen LogP contribution in [0.15, 0.2) is 97.1 Å². The quantitative estimate of drug-likeness (QED) is 0.132. The van der Waals surface area contributed by atoms with Crippen molar-refractivity contribution in [1.29, 1.82) is 0 Å². The van der Waals surface area contributed by atoms with Gasteiger partial charge >= 0.3 is 0 Å². The topological polar surface area (TPSA) is 105 Å². The van der Waals surface area contributed by atoms with Crippen LogP contribution in [0.1, 0.15) is 58.8 Å². The number of amides is 3. The molecule has 4 aromatic carbocycles. The third-order valence-corrected chi connectivity index (χ3v) is 8.23. The summed E-state index contributed by atoms with van der Waals surface area (Å²) in [4.78, 5) is 38.6. The number of carbonyl (C=O) groups is 3. The molecule has 1 unspecified atom stereocenters. The molecule has 45 heavy (non-hydrogen) atoms. The summed E-state index contributed by atoms with van der Waals surface area (Å²) < 4.78 is 12.0. The zero-order chi connectivity index (χ0) is 31.3. The first-order valence-corrected chi connectivity index (χ1v) is 15.1. The SMILES string of the molecule is CCC(=C(c1ccc(O)cc1)c1ccc(OCCOc2cccc3c2CN(C2CCC(=O)NC2=O)C3=O)cc1)c1ccccc1. The molecule has 8 heteroatoms. The monoisotopic (exact) mass is 602 g/mol. The van der Waals surface area contributed by atoms with Crippen molar-refractivity contribution < 1.29 is 29.0 Å². The number of rotatable bonds is 10. The maximum absolute atomic E-state index is 13.1. The molecule has 0 radical (unpaired) electrons. The van der Waals surface area contributed by atoms with Crippen LogP contribution >= 0.6 is 0 Å². The molecule has 2 heterocycles. The Labute approximate surface area is 261 Å². The van der Waals surface area contributed by atoms with Crippen molar-refractivity contribution >= 4 is 28.9 Å². The predicted molar refractivity (Wildman–Crippen MR) is 171 cm³/mol. The molecule has 8 nitrogen and oxygen atoms in total. The summed E-state index contributed by atoms with van der Waals surface area (Å²) in [7, 11) is 0. The Hall–Kier alpha value is -5.37. The maximum Gasteiger partial charge on any atom is 0.255 e. The van der Waals surface area contributed by atoms with Crippen molar-refractivity contribution in [2.45, 2.75) is 38.8 Å². The predicted octanol–water partition coefficient (Wildman–Crippen LogP) is 5.98. The maximum atomic E-state index is 13.1. The second-order valence-corrected chi connectivity index (χ2v) is 11.0. The molecule has 1 saturated heterocycles. The van der Waals surface area contributed by atoms with Gasteiger partial charge in [0.1, 0.15) is 36.5 Å². The number of ether oxygens (including phenoxy) is 2. The Kier molecular flexibility index (Phi) is 8.64. The number of nitrogens with zero attached hydrogens (tertiary/aromatic N) is 1. The number of hydrogen-bond donors (Lipinski definition) is 2. The van der Waals surface area contributed by atoms with E-state index in [9.17, 15) is 19.5 Å². The molecule has 0 aliphatic carbocycles. The molecule has 228 valence electrons. The number of fused-ring (bicyclic) bond motifs is 1. The minimum absolute atomic E-state index is 0.208. The number of allylic oxidation sites excluding steroid dienone is 1. The van der Waals surface area contributed by atoms with Crippen LogP contribution in [0.3, 0.4) is 0 Å². The van der Waals surface area contributed by atoms with Crippen molar-refractivity contribution in [1.82, 2.24) is 10.2 Å². The van der Waals surface area contributed by atoms with E-state index < -0.39 is 11.9 Å². The van der Waals surface area contributed by atoms with E-state index in [1.165, 1.54) is 10.5 Å². The molecular formula is C37H34N2O6. The van der Waals surface area contributed by atoms with Gasteiger partial charge in [-0.25, -0.2) is 0 Å². The number of carbonyl (C=O) groups excluding carboxylic acids is 3. The van der Waals surface area contributed by atoms with Crippen molar-refractivity contribution in [3.8, 4) is 17.2 Å². The van der Waals surface area contributed by atoms with Crippen LogP contribution < -0.4 is 14.8 Å². The van der Waals surface area contributed by atoms with Gasteiger partial charge in [0.15, 0.2) is 0 Å². The Morgan fingerprint density at radius 3 is 2.20 bits per heavy atom. The van der Waals surface area contributed by atoms with Crippen molar-refractivity contribution in [3.05, 3.63) is 125 Å². The van der Waals surface area contributed by atoms with E-state index in [0.717, 1.165) is 34.2 Å². The van der Waals surface area contributed by atoms with Crippen LogP contribution in [-0.2, 0) is 16.1 Å². The Balaban J connectivity index is 1.13. The first-order valence-electron chi connectivity index (χ1n) is 15.1. The molecule has 3 amide bonds. The summed E-state index contributed by atoms with van der Waals surface area (Å²) in [5.74, 6) is 0.507. The third kappa shape index (κ3) is 6.31. The number of imide groups is 1. The first kappa shape index (κ1) is 29.7. The summed E-state index contributed by atoms with van der Waals surface area (Å²) >= 11 is 0. The molecule has 2 aliphatic heterocycles. The number of phenols is 1. The van der Waals surface area contributed by atoms with E-state index in [1.807, 2.05) is 60.7 Å². The third-order valence-electron chi connectivity index (χ3n) is 8.23. The van der Waals surface area contributed by atoms with Gasteiger partial charge in [0.05, 0.1) is 6.54 Å². The fourth-order valence-electron chi connectivity index (χ4n) is 6.03. The number of phenolic OH excluding ortho intramolecular Hbond substituents is 1. The van der Waals surface area contributed by atoms with Gasteiger partial charge in [0.2, 0.25) is 11.8 Å². The lowest BCUT2D eigenvalue weighted by atomic mass is 9.88. The zero-order valence-electron chi connectivity index (χ0n) is 25.0. The fraction of sp³-hybridized carbons (Fsp3) is 0.216. The Bertz CT molecular complexity index is 1750. The summed E-state index contributed by atoms with van der Waals surface area (Å²) in [5, 5.41) is 12.2. The zero-order valence-corrected chi connectivity index (χ0v) is 25.0. The molecule has 2 N–H and O–H groups in total. The average molecular weight is 603 g/mol. The normalized spacial score (nSPS) is 16.6. The highest BCUT2D eigenvalue weighted by molar-refractivity contribution is 6.05. The van der Waals surface area contributed by atoms with Crippen LogP contribution in [0, 0.1) is 0 Å². The van der Waals surface area contributed by atoms with Crippen LogP contribution in [0.4, 0.5) is 0 Å². The van der Waals surface area contributed by atoms with Gasteiger partial charge in [-0.2, -0.15) is 0 Å². The molecule has 2 aliphatic rings. The minimum Gasteiger partial charge on any atom is -0.508 e. The molecule has 1 fully saturated rings. The highest BCUT2D eigenvalue weighted by Gasteiger charge is 2.40. The van der Waals surface area contributed by atoms with Gasteiger partial charge in [-0.15, -0.1) is 0 Å². The van der Waals surface area contributed by atoms with Crippen molar-refractivity contribution in [2.24, 2.45) is 0 Å². The molecule has 0 bridgehead atoms. The molecule has 1 atom stereocenters. The molecular weight excluding hydrogens is 568 g/mol. The highest BCUT2D eigenvalue weighted by Crippen LogP contribution is 2.36. The number of piperidine rings is 1. The standard InChI is InChI=1S/C37H34N2O6/c1-2-29(24-7-4-3-5-8-24)35(25-11-15-27(40)16-12-25)26-13-17-28(18-14-26)44-21-22-45-33-10-6-9-30-31(33)23-39(37(30)43)32-19-20-34(41)38-36(32)42/h3-18,32,40H,2,19-23H2,1H3,(H,38,41,42). The van der Waals surface area contributed by atoms with Crippen molar-refractivity contribution in [3.63, 3.8) is 0 Å². The van der Waals surface area contributed by atoms with Gasteiger partial charge in [-0.05, 0) is 77.1 Å². The van der Waals surface area contributed by atoms with Gasteiger partial charge in [0, 0.05) is 17.5 Å². The van der Waals surface area contributed by atoms with Gasteiger partial charge < -0.3 is 19.5 Å². The van der Waals surface area contributed by atoms with Crippen LogP contribution in [0.5, 0.6) is 17.2 Å². The molecule has 4 aromatic rings. The number of aromatic hydroxyl groups is 1. The van der Waals surface area contributed by atoms with Crippen molar-refractivity contribution in [2.75, 3.05) is 13.2 Å². The Morgan fingerprint density at radius 2 is 1.51 bits per heavy atom. The largest absolute Gasteiger partial charge is 0.508 e. The summed E-state index contributed by atoms with van der Waals surface area (Å²) in [6, 6.07) is 30.2. The lowest BCUT2D eigenvalue weighted by molar-refractivity contribution is -0.136. The summed E-state index contributed by atoms with van der Waals surface area (Å²) in [6.07, 6.45) is 1.35. The fourth-order valence-corrected chi connectivity index (χ4v) is 6.03. The second-order valence-electron chi connectivity index (χ2n) is 11.0.